The van der Waals surface area contributed by atoms with Gasteiger partial charge in [-0.25, -0.2) is 17.9 Å². The predicted molar refractivity (Wildman–Crippen MR) is 217 cm³/mol. The zero-order valence-electron chi connectivity index (χ0n) is 31.7. The summed E-state index contributed by atoms with van der Waals surface area (Å²) in [5.74, 6) is 0.350. The fraction of sp³-hybridized carbons (Fsp3) is 0.429. The summed E-state index contributed by atoms with van der Waals surface area (Å²) in [4.78, 5) is 13.2. The number of amidine groups is 1. The van der Waals surface area contributed by atoms with Crippen molar-refractivity contribution in [3.63, 3.8) is 0 Å². The van der Waals surface area contributed by atoms with Crippen molar-refractivity contribution in [2.45, 2.75) is 99.0 Å². The number of carbonyl (C=O) groups is 1. The number of unbranched alkanes of at least 4 members (excludes halogenated alkanes) is 1. The van der Waals surface area contributed by atoms with Gasteiger partial charge in [-0.3, -0.25) is 5.41 Å². The lowest BCUT2D eigenvalue weighted by atomic mass is 10.0. The number of carboxylic acid groups (broad SMARTS) is 1. The Labute approximate surface area is 317 Å². The van der Waals surface area contributed by atoms with Crippen LogP contribution >= 0.6 is 11.6 Å². The lowest BCUT2D eigenvalue weighted by molar-refractivity contribution is -0.132. The number of allylic oxidation sites excluding steroid dienone is 15. The Balaban J connectivity index is 2.48. The molecule has 2 unspecified atom stereocenters. The summed E-state index contributed by atoms with van der Waals surface area (Å²) < 4.78 is 36.5. The molecule has 52 heavy (non-hydrogen) atoms. The molecular weight excluding hydrogens is 694 g/mol. The van der Waals surface area contributed by atoms with Gasteiger partial charge in [0.25, 0.3) is 0 Å². The number of carboxylic acids is 1. The van der Waals surface area contributed by atoms with Crippen LogP contribution in [0, 0.1) is 11.3 Å². The summed E-state index contributed by atoms with van der Waals surface area (Å²) >= 11 is 6.70. The largest absolute Gasteiger partial charge is 0.478 e. The van der Waals surface area contributed by atoms with Gasteiger partial charge in [-0.05, 0) is 99.0 Å². The van der Waals surface area contributed by atoms with E-state index in [4.69, 9.17) is 16.3 Å². The standard InChI is InChI=1S/C42H58ClN3O5S/c1-7-12-17-34(16-9-3)31-52(49,50)45-40(41(44)46(27-13-8-2)28-26-35(11-5)39(43)29-32(6)10-4)30-33-18-14-20-37(24-22-33)51-38-21-15-19-36(23-25-38)42(47)48/h11-12,14,16-17,19-26,28-29,32,40,44-45H,7-10,13,15,18,27,30-31H2,1-6H3,(H,47,48)/b17-12-,28-26+,34-16+,35-11-,39-29+,44-41?. The second-order valence-corrected chi connectivity index (χ2v) is 14.9. The Kier molecular flexibility index (Phi) is 20.1. The number of sulfonamides is 1. The van der Waals surface area contributed by atoms with Crippen molar-refractivity contribution in [1.29, 1.82) is 5.41 Å². The maximum Gasteiger partial charge on any atom is 0.335 e. The van der Waals surface area contributed by atoms with Crippen LogP contribution in [0.4, 0.5) is 0 Å². The average molecular weight is 752 g/mol. The lowest BCUT2D eigenvalue weighted by Crippen LogP contribution is -2.47. The second-order valence-electron chi connectivity index (χ2n) is 12.8. The van der Waals surface area contributed by atoms with Gasteiger partial charge in [0, 0.05) is 17.8 Å². The van der Waals surface area contributed by atoms with Crippen molar-refractivity contribution >= 4 is 33.4 Å². The number of nitrogens with one attached hydrogen (secondary N) is 2. The van der Waals surface area contributed by atoms with Crippen molar-refractivity contribution in [3.8, 4) is 0 Å². The smallest absolute Gasteiger partial charge is 0.335 e. The van der Waals surface area contributed by atoms with Gasteiger partial charge >= 0.3 is 5.97 Å². The highest BCUT2D eigenvalue weighted by Crippen LogP contribution is 2.24. The summed E-state index contributed by atoms with van der Waals surface area (Å²) in [6.45, 7) is 12.7. The predicted octanol–water partition coefficient (Wildman–Crippen LogP) is 10.3. The molecule has 0 aromatic carbocycles. The van der Waals surface area contributed by atoms with Crippen molar-refractivity contribution in [1.82, 2.24) is 9.62 Å². The van der Waals surface area contributed by atoms with Crippen molar-refractivity contribution in [2.75, 3.05) is 12.3 Å². The van der Waals surface area contributed by atoms with E-state index in [1.165, 1.54) is 6.08 Å². The van der Waals surface area contributed by atoms with Gasteiger partial charge in [-0.15, -0.1) is 0 Å². The van der Waals surface area contributed by atoms with Gasteiger partial charge in [-0.2, -0.15) is 0 Å². The number of hydrogen-bond acceptors (Lipinski definition) is 5. The molecule has 0 aromatic heterocycles. The van der Waals surface area contributed by atoms with Crippen LogP contribution in [0.1, 0.15) is 92.9 Å². The fourth-order valence-corrected chi connectivity index (χ4v) is 6.99. The highest BCUT2D eigenvalue weighted by atomic mass is 35.5. The first-order valence-electron chi connectivity index (χ1n) is 18.3. The third kappa shape index (κ3) is 16.2. The molecule has 0 fully saturated rings. The maximum atomic E-state index is 13.8. The van der Waals surface area contributed by atoms with Crippen LogP contribution in [-0.2, 0) is 19.6 Å². The molecule has 3 N–H and O–H groups in total. The SMILES string of the molecule is C/C=C(/C=C/N(CCCC)C(=N)C(CC1=CC=C(OC2=CCC=C(C(=O)O)C=C2)C=CC1)NS(=O)(=O)CC(/C=C\CC)=C/CC)C(\Cl)=C/C(C)CC. The Morgan fingerprint density at radius 2 is 1.87 bits per heavy atom. The second kappa shape index (κ2) is 23.6. The van der Waals surface area contributed by atoms with E-state index < -0.39 is 22.0 Å². The number of halogens is 1. The molecule has 2 atom stereocenters. The van der Waals surface area contributed by atoms with Gasteiger partial charge in [0.2, 0.25) is 10.0 Å². The van der Waals surface area contributed by atoms with Gasteiger partial charge < -0.3 is 14.7 Å². The monoisotopic (exact) mass is 751 g/mol. The van der Waals surface area contributed by atoms with Crippen LogP contribution in [0.15, 0.2) is 130 Å². The molecule has 0 radical (unpaired) electrons. The molecule has 0 bridgehead atoms. The van der Waals surface area contributed by atoms with E-state index in [9.17, 15) is 23.7 Å². The topological polar surface area (TPSA) is 120 Å². The Bertz CT molecular complexity index is 1690. The number of nitrogens with zero attached hydrogens (tertiary/aromatic N) is 1. The minimum Gasteiger partial charge on any atom is -0.478 e. The molecule has 10 heteroatoms. The summed E-state index contributed by atoms with van der Waals surface area (Å²) in [5, 5.41) is 19.4. The molecule has 2 aliphatic rings. The summed E-state index contributed by atoms with van der Waals surface area (Å²) in [6.07, 6.45) is 32.9. The third-order valence-corrected chi connectivity index (χ3v) is 10.1. The normalized spacial score (nSPS) is 17.2. The molecule has 0 spiro atoms. The van der Waals surface area contributed by atoms with E-state index in [1.807, 2.05) is 98.7 Å². The van der Waals surface area contributed by atoms with E-state index in [-0.39, 0.29) is 23.6 Å². The zero-order valence-corrected chi connectivity index (χ0v) is 33.3. The van der Waals surface area contributed by atoms with Crippen LogP contribution in [0.3, 0.4) is 0 Å². The van der Waals surface area contributed by atoms with Crippen LogP contribution in [-0.4, -0.2) is 48.6 Å². The van der Waals surface area contributed by atoms with Gasteiger partial charge in [0.15, 0.2) is 0 Å². The minimum absolute atomic E-state index is 0.140. The molecule has 284 valence electrons. The zero-order chi connectivity index (χ0) is 38.5. The van der Waals surface area contributed by atoms with Crippen molar-refractivity contribution in [3.05, 3.63) is 130 Å². The van der Waals surface area contributed by atoms with Crippen LogP contribution in [0.25, 0.3) is 0 Å². The first-order chi connectivity index (χ1) is 24.9. The lowest BCUT2D eigenvalue weighted by Gasteiger charge is -2.29. The van der Waals surface area contributed by atoms with Crippen molar-refractivity contribution < 1.29 is 23.1 Å². The third-order valence-electron chi connectivity index (χ3n) is 8.38. The van der Waals surface area contributed by atoms with Crippen LogP contribution < -0.4 is 4.72 Å². The van der Waals surface area contributed by atoms with E-state index >= 15 is 0 Å². The molecule has 0 aromatic rings. The van der Waals surface area contributed by atoms with Crippen LogP contribution in [0.2, 0.25) is 0 Å². The van der Waals surface area contributed by atoms with E-state index in [1.54, 1.807) is 12.2 Å². The van der Waals surface area contributed by atoms with Gasteiger partial charge in [0.1, 0.15) is 17.4 Å². The molecule has 0 saturated heterocycles. The summed E-state index contributed by atoms with van der Waals surface area (Å²) in [5.41, 5.74) is 2.65. The van der Waals surface area contributed by atoms with E-state index in [0.29, 0.717) is 53.8 Å². The highest BCUT2D eigenvalue weighted by molar-refractivity contribution is 7.89. The first-order valence-corrected chi connectivity index (χ1v) is 20.4. The molecule has 2 rings (SSSR count). The molecule has 0 amide bonds. The Morgan fingerprint density at radius 3 is 2.52 bits per heavy atom. The van der Waals surface area contributed by atoms with E-state index in [2.05, 4.69) is 25.5 Å². The number of hydrogen-bond donors (Lipinski definition) is 3. The number of rotatable bonds is 21. The van der Waals surface area contributed by atoms with Gasteiger partial charge in [-0.1, -0.05) is 113 Å². The van der Waals surface area contributed by atoms with Crippen LogP contribution in [0.5, 0.6) is 0 Å². The highest BCUT2D eigenvalue weighted by Gasteiger charge is 2.26. The fourth-order valence-electron chi connectivity index (χ4n) is 5.24. The molecule has 0 saturated carbocycles. The Morgan fingerprint density at radius 1 is 1.10 bits per heavy atom. The van der Waals surface area contributed by atoms with E-state index in [0.717, 1.165) is 36.8 Å². The maximum absolute atomic E-state index is 13.8. The summed E-state index contributed by atoms with van der Waals surface area (Å²) in [6, 6.07) is -0.853. The van der Waals surface area contributed by atoms with Crippen molar-refractivity contribution in [2.24, 2.45) is 5.92 Å². The number of aliphatic carboxylic acids is 1. The minimum atomic E-state index is -3.85. The molecule has 0 heterocycles. The molecule has 2 aliphatic carbocycles. The molecule has 8 nitrogen and oxygen atoms in total. The molecular formula is C42H58ClN3O5S. The Hall–Kier alpha value is -3.92. The molecule has 0 aliphatic heterocycles. The first kappa shape index (κ1) is 44.2. The summed E-state index contributed by atoms with van der Waals surface area (Å²) in [7, 11) is -3.85. The quantitative estimate of drug-likeness (QED) is 0.0610. The number of ether oxygens (including phenoxy) is 1. The van der Waals surface area contributed by atoms with Gasteiger partial charge in [0.05, 0.1) is 17.4 Å². The average Bonchev–Trinajstić information content (AvgIpc) is 3.48.